The first-order valence-electron chi connectivity index (χ1n) is 8.73. The number of methoxy groups -OCH3 is 2. The predicted molar refractivity (Wildman–Crippen MR) is 120 cm³/mol. The summed E-state index contributed by atoms with van der Waals surface area (Å²) in [5, 5.41) is 3.45. The molecular formula is C23H21BrN2O2. The van der Waals surface area contributed by atoms with Gasteiger partial charge in [-0.15, -0.1) is 0 Å². The van der Waals surface area contributed by atoms with Crippen LogP contribution in [0.4, 0.5) is 11.4 Å². The molecule has 0 heterocycles. The SMILES string of the molecule is COc1ccc(N=CC=C(Nc2ccc(OC)cc2)c2ccc(Br)cc2)cc1. The first-order valence-corrected chi connectivity index (χ1v) is 9.52. The van der Waals surface area contributed by atoms with Gasteiger partial charge in [0.25, 0.3) is 0 Å². The van der Waals surface area contributed by atoms with Gasteiger partial charge in [-0.25, -0.2) is 0 Å². The molecule has 28 heavy (non-hydrogen) atoms. The van der Waals surface area contributed by atoms with E-state index in [0.717, 1.165) is 38.6 Å². The van der Waals surface area contributed by atoms with Crippen LogP contribution < -0.4 is 14.8 Å². The van der Waals surface area contributed by atoms with Gasteiger partial charge in [-0.05, 0) is 72.3 Å². The van der Waals surface area contributed by atoms with Crippen molar-refractivity contribution in [3.63, 3.8) is 0 Å². The van der Waals surface area contributed by atoms with Gasteiger partial charge < -0.3 is 14.8 Å². The summed E-state index contributed by atoms with van der Waals surface area (Å²) < 4.78 is 11.4. The van der Waals surface area contributed by atoms with Crippen LogP contribution in [0.2, 0.25) is 0 Å². The first-order chi connectivity index (χ1) is 13.7. The van der Waals surface area contributed by atoms with Crippen molar-refractivity contribution in [1.82, 2.24) is 0 Å². The summed E-state index contributed by atoms with van der Waals surface area (Å²) >= 11 is 3.48. The second-order valence-electron chi connectivity index (χ2n) is 5.92. The van der Waals surface area contributed by atoms with Gasteiger partial charge in [0, 0.05) is 22.1 Å². The molecule has 0 spiro atoms. The second kappa shape index (κ2) is 9.76. The number of allylic oxidation sites excluding steroid dienone is 1. The number of aliphatic imine (C=N–C) groups is 1. The highest BCUT2D eigenvalue weighted by molar-refractivity contribution is 9.10. The van der Waals surface area contributed by atoms with E-state index in [1.807, 2.05) is 78.9 Å². The number of nitrogens with one attached hydrogen (secondary N) is 1. The number of hydrogen-bond acceptors (Lipinski definition) is 4. The van der Waals surface area contributed by atoms with E-state index in [1.54, 1.807) is 20.4 Å². The zero-order valence-corrected chi connectivity index (χ0v) is 17.3. The lowest BCUT2D eigenvalue weighted by molar-refractivity contribution is 0.415. The molecule has 5 heteroatoms. The Hall–Kier alpha value is -3.05. The van der Waals surface area contributed by atoms with Crippen molar-refractivity contribution in [2.45, 2.75) is 0 Å². The van der Waals surface area contributed by atoms with Crippen molar-refractivity contribution < 1.29 is 9.47 Å². The van der Waals surface area contributed by atoms with E-state index in [1.165, 1.54) is 0 Å². The Labute approximate surface area is 173 Å². The van der Waals surface area contributed by atoms with Crippen LogP contribution in [0.1, 0.15) is 5.56 Å². The maximum atomic E-state index is 5.22. The van der Waals surface area contributed by atoms with Gasteiger partial charge in [-0.2, -0.15) is 0 Å². The third kappa shape index (κ3) is 5.47. The van der Waals surface area contributed by atoms with E-state index < -0.39 is 0 Å². The number of nitrogens with zero attached hydrogens (tertiary/aromatic N) is 1. The van der Waals surface area contributed by atoms with Crippen LogP contribution in [0.25, 0.3) is 5.70 Å². The molecule has 0 aliphatic carbocycles. The summed E-state index contributed by atoms with van der Waals surface area (Å²) in [6, 6.07) is 23.5. The van der Waals surface area contributed by atoms with Gasteiger partial charge in [-0.3, -0.25) is 4.99 Å². The number of halogens is 1. The Kier molecular flexibility index (Phi) is 6.87. The van der Waals surface area contributed by atoms with Gasteiger partial charge in [0.05, 0.1) is 19.9 Å². The van der Waals surface area contributed by atoms with E-state index in [-0.39, 0.29) is 0 Å². The van der Waals surface area contributed by atoms with Crippen LogP contribution in [0.5, 0.6) is 11.5 Å². The second-order valence-corrected chi connectivity index (χ2v) is 6.83. The van der Waals surface area contributed by atoms with E-state index in [9.17, 15) is 0 Å². The highest BCUT2D eigenvalue weighted by atomic mass is 79.9. The average molecular weight is 437 g/mol. The molecule has 0 amide bonds. The van der Waals surface area contributed by atoms with Crippen molar-refractivity contribution in [1.29, 1.82) is 0 Å². The molecule has 3 aromatic carbocycles. The average Bonchev–Trinajstić information content (AvgIpc) is 2.74. The molecule has 0 bridgehead atoms. The molecule has 1 N–H and O–H groups in total. The molecule has 142 valence electrons. The lowest BCUT2D eigenvalue weighted by atomic mass is 10.1. The van der Waals surface area contributed by atoms with Crippen LogP contribution in [0, 0.1) is 0 Å². The molecule has 3 aromatic rings. The number of benzene rings is 3. The molecule has 0 radical (unpaired) electrons. The van der Waals surface area contributed by atoms with Crippen LogP contribution in [-0.4, -0.2) is 20.4 Å². The molecule has 0 aliphatic rings. The highest BCUT2D eigenvalue weighted by Crippen LogP contribution is 2.23. The van der Waals surface area contributed by atoms with Crippen molar-refractivity contribution in [2.24, 2.45) is 4.99 Å². The molecule has 0 atom stereocenters. The largest absolute Gasteiger partial charge is 0.497 e. The molecule has 0 unspecified atom stereocenters. The molecule has 3 rings (SSSR count). The van der Waals surface area contributed by atoms with Crippen LogP contribution in [0.3, 0.4) is 0 Å². The molecule has 0 saturated carbocycles. The number of anilines is 1. The van der Waals surface area contributed by atoms with Crippen LogP contribution in [0.15, 0.2) is 88.3 Å². The Balaban J connectivity index is 1.84. The summed E-state index contributed by atoms with van der Waals surface area (Å²) in [4.78, 5) is 4.51. The zero-order chi connectivity index (χ0) is 19.8. The fourth-order valence-electron chi connectivity index (χ4n) is 2.54. The molecule has 0 aliphatic heterocycles. The van der Waals surface area contributed by atoms with Crippen molar-refractivity contribution in [2.75, 3.05) is 19.5 Å². The number of rotatable bonds is 7. The van der Waals surface area contributed by atoms with E-state index in [2.05, 4.69) is 26.2 Å². The first kappa shape index (κ1) is 19.7. The molecule has 0 aromatic heterocycles. The fourth-order valence-corrected chi connectivity index (χ4v) is 2.80. The maximum Gasteiger partial charge on any atom is 0.119 e. The third-order valence-corrected chi connectivity index (χ3v) is 4.59. The van der Waals surface area contributed by atoms with E-state index in [0.29, 0.717) is 0 Å². The fraction of sp³-hybridized carbons (Fsp3) is 0.0870. The summed E-state index contributed by atoms with van der Waals surface area (Å²) in [6.07, 6.45) is 3.74. The Morgan fingerprint density at radius 1 is 0.821 bits per heavy atom. The van der Waals surface area contributed by atoms with Crippen molar-refractivity contribution >= 4 is 39.2 Å². The van der Waals surface area contributed by atoms with Crippen LogP contribution in [-0.2, 0) is 0 Å². The Bertz CT molecular complexity index is 947. The quantitative estimate of drug-likeness (QED) is 0.440. The minimum absolute atomic E-state index is 0.811. The number of hydrogen-bond donors (Lipinski definition) is 1. The van der Waals surface area contributed by atoms with Gasteiger partial charge in [-0.1, -0.05) is 28.1 Å². The Morgan fingerprint density at radius 3 is 1.96 bits per heavy atom. The smallest absolute Gasteiger partial charge is 0.119 e. The lowest BCUT2D eigenvalue weighted by Gasteiger charge is -2.12. The van der Waals surface area contributed by atoms with Gasteiger partial charge in [0.2, 0.25) is 0 Å². The number of ether oxygens (including phenoxy) is 2. The van der Waals surface area contributed by atoms with Crippen molar-refractivity contribution in [3.05, 3.63) is 88.9 Å². The minimum Gasteiger partial charge on any atom is -0.497 e. The van der Waals surface area contributed by atoms with E-state index in [4.69, 9.17) is 9.47 Å². The topological polar surface area (TPSA) is 42.8 Å². The van der Waals surface area contributed by atoms with Gasteiger partial charge in [0.15, 0.2) is 0 Å². The molecule has 0 fully saturated rings. The summed E-state index contributed by atoms with van der Waals surface area (Å²) in [6.45, 7) is 0. The summed E-state index contributed by atoms with van der Waals surface area (Å²) in [5.41, 5.74) is 3.82. The zero-order valence-electron chi connectivity index (χ0n) is 15.7. The van der Waals surface area contributed by atoms with Gasteiger partial charge in [0.1, 0.15) is 11.5 Å². The van der Waals surface area contributed by atoms with Crippen molar-refractivity contribution in [3.8, 4) is 11.5 Å². The molecule has 0 saturated heterocycles. The predicted octanol–water partition coefficient (Wildman–Crippen LogP) is 6.32. The lowest BCUT2D eigenvalue weighted by Crippen LogP contribution is -1.99. The monoisotopic (exact) mass is 436 g/mol. The van der Waals surface area contributed by atoms with E-state index >= 15 is 0 Å². The summed E-state index contributed by atoms with van der Waals surface area (Å²) in [7, 11) is 3.31. The molecule has 4 nitrogen and oxygen atoms in total. The molecular weight excluding hydrogens is 416 g/mol. The Morgan fingerprint density at radius 2 is 1.39 bits per heavy atom. The normalized spacial score (nSPS) is 11.5. The summed E-state index contributed by atoms with van der Waals surface area (Å²) in [5.74, 6) is 1.63. The third-order valence-electron chi connectivity index (χ3n) is 4.06. The van der Waals surface area contributed by atoms with Crippen LogP contribution >= 0.6 is 15.9 Å². The minimum atomic E-state index is 0.811. The maximum absolute atomic E-state index is 5.22. The van der Waals surface area contributed by atoms with Gasteiger partial charge >= 0.3 is 0 Å². The highest BCUT2D eigenvalue weighted by Gasteiger charge is 2.03. The standard InChI is InChI=1S/C23H21BrN2O2/c1-27-21-11-7-19(8-12-21)25-16-15-23(17-3-5-18(24)6-4-17)26-20-9-13-22(28-2)14-10-20/h3-16,26H,1-2H3.